The molecule has 0 atom stereocenters. The lowest BCUT2D eigenvalue weighted by Gasteiger charge is -2.11. The molecule has 0 bridgehead atoms. The Balaban J connectivity index is 2.26. The summed E-state index contributed by atoms with van der Waals surface area (Å²) in [4.78, 5) is 23.2. The van der Waals surface area contributed by atoms with E-state index in [1.54, 1.807) is 18.2 Å². The molecule has 2 aromatic rings. The van der Waals surface area contributed by atoms with Crippen LogP contribution in [-0.4, -0.2) is 18.9 Å². The molecule has 0 spiro atoms. The maximum absolute atomic E-state index is 13.1. The highest BCUT2D eigenvalue weighted by Gasteiger charge is 2.15. The number of ether oxygens (including phenoxy) is 2. The molecule has 0 unspecified atom stereocenters. The molecule has 0 fully saturated rings. The second kappa shape index (κ2) is 6.85. The van der Waals surface area contributed by atoms with Crippen molar-refractivity contribution in [2.75, 3.05) is 7.11 Å². The van der Waals surface area contributed by atoms with Crippen molar-refractivity contribution in [3.05, 3.63) is 65.0 Å². The van der Waals surface area contributed by atoms with Crippen LogP contribution >= 0.6 is 0 Å². The van der Waals surface area contributed by atoms with E-state index in [0.29, 0.717) is 11.1 Å². The number of hydrogen-bond donors (Lipinski definition) is 0. The predicted molar refractivity (Wildman–Crippen MR) is 78.5 cm³/mol. The van der Waals surface area contributed by atoms with Crippen LogP contribution in [0.2, 0.25) is 0 Å². The Hall–Kier alpha value is -2.69. The van der Waals surface area contributed by atoms with Crippen molar-refractivity contribution in [2.24, 2.45) is 0 Å². The van der Waals surface area contributed by atoms with Crippen LogP contribution in [0.3, 0.4) is 0 Å². The minimum Gasteiger partial charge on any atom is -0.488 e. The van der Waals surface area contributed by atoms with E-state index in [0.717, 1.165) is 0 Å². The van der Waals surface area contributed by atoms with E-state index < -0.39 is 5.97 Å². The van der Waals surface area contributed by atoms with Gasteiger partial charge in [0.05, 0.1) is 7.11 Å². The number of hydrogen-bond acceptors (Lipinski definition) is 4. The highest BCUT2D eigenvalue weighted by atomic mass is 19.1. The second-order valence-electron chi connectivity index (χ2n) is 4.68. The van der Waals surface area contributed by atoms with Gasteiger partial charge in [0.25, 0.3) is 0 Å². The zero-order chi connectivity index (χ0) is 16.1. The average molecular weight is 302 g/mol. The molecule has 4 nitrogen and oxygen atoms in total. The predicted octanol–water partition coefficient (Wildman–Crippen LogP) is 3.39. The summed E-state index contributed by atoms with van der Waals surface area (Å²) in [6, 6.07) is 10.5. The van der Waals surface area contributed by atoms with Gasteiger partial charge in [0.2, 0.25) is 0 Å². The molecule has 2 rings (SSSR count). The van der Waals surface area contributed by atoms with E-state index in [2.05, 4.69) is 0 Å². The van der Waals surface area contributed by atoms with Gasteiger partial charge >= 0.3 is 5.97 Å². The molecule has 0 aliphatic carbocycles. The van der Waals surface area contributed by atoms with Gasteiger partial charge in [-0.1, -0.05) is 12.1 Å². The SMILES string of the molecule is COC(=O)c1cc(C(C)=O)ccc1OCc1cccc(F)c1. The summed E-state index contributed by atoms with van der Waals surface area (Å²) >= 11 is 0. The summed E-state index contributed by atoms with van der Waals surface area (Å²) in [5.41, 5.74) is 1.18. The Morgan fingerprint density at radius 1 is 1.14 bits per heavy atom. The van der Waals surface area contributed by atoms with E-state index in [4.69, 9.17) is 9.47 Å². The zero-order valence-electron chi connectivity index (χ0n) is 12.3. The number of Topliss-reactive ketones (excluding diaryl/α,β-unsaturated/α-hetero) is 1. The number of esters is 1. The Kier molecular flexibility index (Phi) is 4.88. The minimum absolute atomic E-state index is 0.0984. The summed E-state index contributed by atoms with van der Waals surface area (Å²) in [6.07, 6.45) is 0. The van der Waals surface area contributed by atoms with Crippen LogP contribution in [0.1, 0.15) is 33.2 Å². The number of carbonyl (C=O) groups is 2. The van der Waals surface area contributed by atoms with Gasteiger partial charge in [-0.3, -0.25) is 4.79 Å². The fourth-order valence-corrected chi connectivity index (χ4v) is 1.93. The lowest BCUT2D eigenvalue weighted by Crippen LogP contribution is -2.08. The van der Waals surface area contributed by atoms with Crippen LogP contribution in [0.4, 0.5) is 4.39 Å². The van der Waals surface area contributed by atoms with Gasteiger partial charge in [0, 0.05) is 5.56 Å². The maximum Gasteiger partial charge on any atom is 0.341 e. The first kappa shape index (κ1) is 15.7. The first-order chi connectivity index (χ1) is 10.5. The monoisotopic (exact) mass is 302 g/mol. The smallest absolute Gasteiger partial charge is 0.341 e. The van der Waals surface area contributed by atoms with Crippen molar-refractivity contribution in [1.29, 1.82) is 0 Å². The fourth-order valence-electron chi connectivity index (χ4n) is 1.93. The summed E-state index contributed by atoms with van der Waals surface area (Å²) < 4.78 is 23.4. The van der Waals surface area contributed by atoms with Crippen molar-refractivity contribution >= 4 is 11.8 Å². The van der Waals surface area contributed by atoms with Gasteiger partial charge in [-0.25, -0.2) is 9.18 Å². The molecule has 0 aliphatic rings. The molecule has 2 aromatic carbocycles. The highest BCUT2D eigenvalue weighted by molar-refractivity contribution is 5.99. The molecule has 5 heteroatoms. The molecule has 0 heterocycles. The molecule has 0 radical (unpaired) electrons. The molecule has 0 saturated carbocycles. The number of carbonyl (C=O) groups excluding carboxylic acids is 2. The van der Waals surface area contributed by atoms with Gasteiger partial charge in [0.1, 0.15) is 23.7 Å². The summed E-state index contributed by atoms with van der Waals surface area (Å²) in [5, 5.41) is 0. The maximum atomic E-state index is 13.1. The zero-order valence-corrected chi connectivity index (χ0v) is 12.3. The molecular formula is C17H15FO4. The lowest BCUT2D eigenvalue weighted by molar-refractivity contribution is 0.0595. The number of ketones is 1. The fraction of sp³-hybridized carbons (Fsp3) is 0.176. The first-order valence-corrected chi connectivity index (χ1v) is 6.62. The van der Waals surface area contributed by atoms with E-state index in [1.807, 2.05) is 0 Å². The molecule has 114 valence electrons. The number of benzene rings is 2. The number of methoxy groups -OCH3 is 1. The van der Waals surface area contributed by atoms with Crippen molar-refractivity contribution in [2.45, 2.75) is 13.5 Å². The van der Waals surface area contributed by atoms with Crippen LogP contribution in [-0.2, 0) is 11.3 Å². The molecular weight excluding hydrogens is 287 g/mol. The molecule has 0 amide bonds. The Labute approximate surface area is 127 Å². The van der Waals surface area contributed by atoms with Gasteiger partial charge in [-0.05, 0) is 42.8 Å². The van der Waals surface area contributed by atoms with Crippen LogP contribution in [0.25, 0.3) is 0 Å². The van der Waals surface area contributed by atoms with Gasteiger partial charge in [0.15, 0.2) is 5.78 Å². The average Bonchev–Trinajstić information content (AvgIpc) is 2.52. The standard InChI is InChI=1S/C17H15FO4/c1-11(19)13-6-7-16(15(9-13)17(20)21-2)22-10-12-4-3-5-14(18)8-12/h3-9H,10H2,1-2H3. The van der Waals surface area contributed by atoms with Crippen molar-refractivity contribution in [1.82, 2.24) is 0 Å². The first-order valence-electron chi connectivity index (χ1n) is 6.62. The summed E-state index contributed by atoms with van der Waals surface area (Å²) in [7, 11) is 1.25. The normalized spacial score (nSPS) is 10.1. The van der Waals surface area contributed by atoms with Crippen LogP contribution in [0, 0.1) is 5.82 Å². The van der Waals surface area contributed by atoms with Crippen molar-refractivity contribution in [3.8, 4) is 5.75 Å². The van der Waals surface area contributed by atoms with Crippen LogP contribution in [0.5, 0.6) is 5.75 Å². The largest absolute Gasteiger partial charge is 0.488 e. The van der Waals surface area contributed by atoms with E-state index >= 15 is 0 Å². The quantitative estimate of drug-likeness (QED) is 0.627. The Morgan fingerprint density at radius 2 is 1.91 bits per heavy atom. The summed E-state index contributed by atoms with van der Waals surface area (Å²) in [6.45, 7) is 1.50. The van der Waals surface area contributed by atoms with Crippen molar-refractivity contribution in [3.63, 3.8) is 0 Å². The number of rotatable bonds is 5. The second-order valence-corrected chi connectivity index (χ2v) is 4.68. The van der Waals surface area contributed by atoms with Gasteiger partial charge in [-0.2, -0.15) is 0 Å². The van der Waals surface area contributed by atoms with E-state index in [9.17, 15) is 14.0 Å². The lowest BCUT2D eigenvalue weighted by atomic mass is 10.1. The Morgan fingerprint density at radius 3 is 2.55 bits per heavy atom. The third-order valence-corrected chi connectivity index (χ3v) is 3.07. The minimum atomic E-state index is -0.600. The highest BCUT2D eigenvalue weighted by Crippen LogP contribution is 2.23. The third-order valence-electron chi connectivity index (χ3n) is 3.07. The van der Waals surface area contributed by atoms with Crippen LogP contribution in [0.15, 0.2) is 42.5 Å². The number of halogens is 1. The molecule has 0 aliphatic heterocycles. The van der Waals surface area contributed by atoms with Gasteiger partial charge < -0.3 is 9.47 Å². The summed E-state index contributed by atoms with van der Waals surface area (Å²) in [5.74, 6) is -0.846. The Bertz CT molecular complexity index is 710. The molecule has 0 saturated heterocycles. The molecule has 22 heavy (non-hydrogen) atoms. The van der Waals surface area contributed by atoms with Crippen LogP contribution < -0.4 is 4.74 Å². The van der Waals surface area contributed by atoms with Crippen molar-refractivity contribution < 1.29 is 23.5 Å². The van der Waals surface area contributed by atoms with Gasteiger partial charge in [-0.15, -0.1) is 0 Å². The topological polar surface area (TPSA) is 52.6 Å². The molecule has 0 N–H and O–H groups in total. The third kappa shape index (κ3) is 3.69. The van der Waals surface area contributed by atoms with E-state index in [1.165, 1.54) is 38.3 Å². The van der Waals surface area contributed by atoms with E-state index in [-0.39, 0.29) is 29.5 Å². The molecule has 0 aromatic heterocycles.